The van der Waals surface area contributed by atoms with Gasteiger partial charge in [-0.15, -0.1) is 0 Å². The van der Waals surface area contributed by atoms with Crippen LogP contribution in [0.4, 0.5) is 5.82 Å². The number of hydrogen-bond donors (Lipinski definition) is 1. The minimum Gasteiger partial charge on any atom is -0.373 e. The second-order valence-electron chi connectivity index (χ2n) is 8.04. The molecule has 2 aromatic rings. The van der Waals surface area contributed by atoms with Crippen LogP contribution in [-0.2, 0) is 4.74 Å². The molecule has 5 nitrogen and oxygen atoms in total. The molecule has 1 amide bonds. The number of nitrogens with one attached hydrogen (secondary N) is 1. The van der Waals surface area contributed by atoms with Gasteiger partial charge in [0.25, 0.3) is 5.91 Å². The van der Waals surface area contributed by atoms with E-state index in [1.54, 1.807) is 6.20 Å². The number of rotatable bonds is 5. The number of aromatic nitrogens is 1. The van der Waals surface area contributed by atoms with Crippen molar-refractivity contribution in [1.82, 2.24) is 9.88 Å². The van der Waals surface area contributed by atoms with Crippen molar-refractivity contribution in [3.05, 3.63) is 59.8 Å². The van der Waals surface area contributed by atoms with Crippen LogP contribution < -0.4 is 5.32 Å². The van der Waals surface area contributed by atoms with Crippen molar-refractivity contribution < 1.29 is 9.53 Å². The number of ether oxygens (including phenoxy) is 1. The summed E-state index contributed by atoms with van der Waals surface area (Å²) in [5.74, 6) is 2.04. The maximum absolute atomic E-state index is 12.6. The molecule has 2 aliphatic heterocycles. The van der Waals surface area contributed by atoms with Crippen molar-refractivity contribution >= 4 is 11.7 Å². The Balaban J connectivity index is 1.33. The Kier molecular flexibility index (Phi) is 5.91. The van der Waals surface area contributed by atoms with Crippen molar-refractivity contribution in [2.75, 3.05) is 31.6 Å². The Morgan fingerprint density at radius 3 is 2.64 bits per heavy atom. The van der Waals surface area contributed by atoms with E-state index in [0.717, 1.165) is 51.3 Å². The highest BCUT2D eigenvalue weighted by atomic mass is 16.5. The largest absolute Gasteiger partial charge is 0.373 e. The van der Waals surface area contributed by atoms with E-state index < -0.39 is 0 Å². The molecule has 0 spiro atoms. The van der Waals surface area contributed by atoms with E-state index in [-0.39, 0.29) is 12.0 Å². The van der Waals surface area contributed by atoms with Crippen molar-refractivity contribution in [1.29, 1.82) is 0 Å². The summed E-state index contributed by atoms with van der Waals surface area (Å²) < 4.78 is 5.95. The lowest BCUT2D eigenvalue weighted by Gasteiger charge is -2.30. The van der Waals surface area contributed by atoms with Crippen LogP contribution in [0.3, 0.4) is 0 Å². The van der Waals surface area contributed by atoms with E-state index in [1.807, 2.05) is 23.1 Å². The summed E-state index contributed by atoms with van der Waals surface area (Å²) in [6.07, 6.45) is 5.05. The van der Waals surface area contributed by atoms with E-state index in [9.17, 15) is 4.79 Å². The smallest absolute Gasteiger partial charge is 0.255 e. The summed E-state index contributed by atoms with van der Waals surface area (Å²) in [4.78, 5) is 19.1. The van der Waals surface area contributed by atoms with Crippen molar-refractivity contribution in [3.63, 3.8) is 0 Å². The highest BCUT2D eigenvalue weighted by molar-refractivity contribution is 5.94. The molecule has 2 fully saturated rings. The molecule has 0 bridgehead atoms. The number of amides is 1. The molecule has 1 aromatic carbocycles. The Morgan fingerprint density at radius 2 is 1.93 bits per heavy atom. The molecule has 1 N–H and O–H groups in total. The number of carbonyl (C=O) groups is 1. The summed E-state index contributed by atoms with van der Waals surface area (Å²) in [5, 5.41) is 3.42. The molecule has 0 aliphatic carbocycles. The van der Waals surface area contributed by atoms with E-state index in [1.165, 1.54) is 5.56 Å². The third-order valence-corrected chi connectivity index (χ3v) is 5.97. The maximum atomic E-state index is 12.6. The Morgan fingerprint density at radius 1 is 1.14 bits per heavy atom. The Hall–Kier alpha value is -2.40. The lowest BCUT2D eigenvalue weighted by Crippen LogP contribution is -2.37. The SMILES string of the molecule is CC1CCN(C(=O)c2ccc(NCC3CCOC3c3ccccc3)nc2)CC1. The van der Waals surface area contributed by atoms with E-state index in [0.29, 0.717) is 17.4 Å². The molecule has 148 valence electrons. The zero-order chi connectivity index (χ0) is 19.3. The van der Waals surface area contributed by atoms with Gasteiger partial charge in [-0.1, -0.05) is 37.3 Å². The number of benzene rings is 1. The number of hydrogen-bond acceptors (Lipinski definition) is 4. The molecule has 2 unspecified atom stereocenters. The average molecular weight is 380 g/mol. The summed E-state index contributed by atoms with van der Waals surface area (Å²) in [7, 11) is 0. The zero-order valence-corrected chi connectivity index (χ0v) is 16.5. The number of anilines is 1. The summed E-state index contributed by atoms with van der Waals surface area (Å²) in [6.45, 7) is 5.55. The first-order valence-corrected chi connectivity index (χ1v) is 10.4. The van der Waals surface area contributed by atoms with Gasteiger partial charge >= 0.3 is 0 Å². The summed E-state index contributed by atoms with van der Waals surface area (Å²) in [5.41, 5.74) is 1.91. The average Bonchev–Trinajstić information content (AvgIpc) is 3.22. The predicted octanol–water partition coefficient (Wildman–Crippen LogP) is 4.14. The zero-order valence-electron chi connectivity index (χ0n) is 16.5. The molecule has 28 heavy (non-hydrogen) atoms. The van der Waals surface area contributed by atoms with Gasteiger partial charge in [-0.3, -0.25) is 4.79 Å². The second kappa shape index (κ2) is 8.74. The molecule has 3 heterocycles. The highest BCUT2D eigenvalue weighted by Crippen LogP contribution is 2.34. The summed E-state index contributed by atoms with van der Waals surface area (Å²) in [6, 6.07) is 14.2. The molecule has 1 aromatic heterocycles. The number of nitrogens with zero attached hydrogens (tertiary/aromatic N) is 2. The van der Waals surface area contributed by atoms with Crippen LogP contribution in [0.2, 0.25) is 0 Å². The Bertz CT molecular complexity index is 770. The van der Waals surface area contributed by atoms with Crippen molar-refractivity contribution in [3.8, 4) is 0 Å². The van der Waals surface area contributed by atoms with Crippen molar-refractivity contribution in [2.24, 2.45) is 11.8 Å². The summed E-state index contributed by atoms with van der Waals surface area (Å²) >= 11 is 0. The third-order valence-electron chi connectivity index (χ3n) is 5.97. The van der Waals surface area contributed by atoms with Crippen LogP contribution in [0.5, 0.6) is 0 Å². The first kappa shape index (κ1) is 18.9. The monoisotopic (exact) mass is 379 g/mol. The van der Waals surface area contributed by atoms with E-state index in [2.05, 4.69) is 41.5 Å². The quantitative estimate of drug-likeness (QED) is 0.848. The van der Waals surface area contributed by atoms with Crippen LogP contribution in [0.25, 0.3) is 0 Å². The first-order valence-electron chi connectivity index (χ1n) is 10.4. The minimum absolute atomic E-state index is 0.0966. The maximum Gasteiger partial charge on any atom is 0.255 e. The Labute approximate surface area is 167 Å². The van der Waals surface area contributed by atoms with Gasteiger partial charge in [0.15, 0.2) is 0 Å². The number of carbonyl (C=O) groups excluding carboxylic acids is 1. The minimum atomic E-state index is 0.0966. The number of piperidine rings is 1. The lowest BCUT2D eigenvalue weighted by molar-refractivity contribution is 0.0697. The molecule has 2 aliphatic rings. The van der Waals surface area contributed by atoms with Gasteiger partial charge in [-0.05, 0) is 42.9 Å². The number of likely N-dealkylation sites (tertiary alicyclic amines) is 1. The van der Waals surface area contributed by atoms with Gasteiger partial charge in [0.1, 0.15) is 5.82 Å². The molecule has 4 rings (SSSR count). The molecular weight excluding hydrogens is 350 g/mol. The van der Waals surface area contributed by atoms with Crippen LogP contribution in [0, 0.1) is 11.8 Å². The molecule has 0 saturated carbocycles. The highest BCUT2D eigenvalue weighted by Gasteiger charge is 2.29. The van der Waals surface area contributed by atoms with Crippen molar-refractivity contribution in [2.45, 2.75) is 32.3 Å². The van der Waals surface area contributed by atoms with Crippen LogP contribution in [-0.4, -0.2) is 42.0 Å². The molecule has 2 atom stereocenters. The fourth-order valence-electron chi connectivity index (χ4n) is 4.11. The van der Waals surface area contributed by atoms with Crippen LogP contribution >= 0.6 is 0 Å². The van der Waals surface area contributed by atoms with Crippen LogP contribution in [0.1, 0.15) is 48.2 Å². The van der Waals surface area contributed by atoms with Crippen LogP contribution in [0.15, 0.2) is 48.7 Å². The first-order chi connectivity index (χ1) is 13.7. The topological polar surface area (TPSA) is 54.5 Å². The van der Waals surface area contributed by atoms with Gasteiger partial charge in [-0.25, -0.2) is 4.98 Å². The fourth-order valence-corrected chi connectivity index (χ4v) is 4.11. The predicted molar refractivity (Wildman–Crippen MR) is 110 cm³/mol. The van der Waals surface area contributed by atoms with Gasteiger partial charge < -0.3 is 15.0 Å². The fraction of sp³-hybridized carbons (Fsp3) is 0.478. The lowest BCUT2D eigenvalue weighted by atomic mass is 9.95. The van der Waals surface area contributed by atoms with E-state index >= 15 is 0 Å². The molecule has 0 radical (unpaired) electrons. The standard InChI is InChI=1S/C23H29N3O2/c1-17-9-12-26(13-10-17)23(27)20-7-8-21(25-16-20)24-15-19-11-14-28-22(19)18-5-3-2-4-6-18/h2-8,16-17,19,22H,9-15H2,1H3,(H,24,25). The molecular formula is C23H29N3O2. The van der Waals surface area contributed by atoms with Gasteiger partial charge in [0.05, 0.1) is 11.7 Å². The third kappa shape index (κ3) is 4.36. The molecule has 5 heteroatoms. The number of pyridine rings is 1. The van der Waals surface area contributed by atoms with Gasteiger partial charge in [0.2, 0.25) is 0 Å². The van der Waals surface area contributed by atoms with E-state index in [4.69, 9.17) is 4.74 Å². The molecule has 2 saturated heterocycles. The second-order valence-corrected chi connectivity index (χ2v) is 8.04. The normalized spacial score (nSPS) is 23.0. The van der Waals surface area contributed by atoms with Gasteiger partial charge in [-0.2, -0.15) is 0 Å². The van der Waals surface area contributed by atoms with Gasteiger partial charge in [0, 0.05) is 38.4 Å².